The van der Waals surface area contributed by atoms with Crippen LogP contribution in [-0.2, 0) is 34.9 Å². The van der Waals surface area contributed by atoms with Gasteiger partial charge in [-0.25, -0.2) is 14.4 Å². The SMILES string of the molecule is COC(=O)Oc1ccc(C[C@H](N)C(=O)O[C@@H](C)[C@H](C)OC(=O)OC(C)(C)C)cc1OC(=O)OC. The van der Waals surface area contributed by atoms with Crippen LogP contribution in [0.25, 0.3) is 0 Å². The Bertz CT molecular complexity index is 878. The molecule has 0 heterocycles. The third-order valence-corrected chi connectivity index (χ3v) is 4.12. The summed E-state index contributed by atoms with van der Waals surface area (Å²) in [6.07, 6.45) is -4.58. The van der Waals surface area contributed by atoms with Gasteiger partial charge in [0.25, 0.3) is 0 Å². The second-order valence-corrected chi connectivity index (χ2v) is 8.13. The monoisotopic (exact) mass is 485 g/mol. The van der Waals surface area contributed by atoms with E-state index in [1.807, 2.05) is 0 Å². The minimum Gasteiger partial charge on any atom is -0.458 e. The molecule has 3 atom stereocenters. The van der Waals surface area contributed by atoms with Crippen LogP contribution in [0.5, 0.6) is 11.5 Å². The van der Waals surface area contributed by atoms with E-state index in [1.54, 1.807) is 34.6 Å². The van der Waals surface area contributed by atoms with E-state index in [1.165, 1.54) is 18.2 Å². The molecule has 0 aromatic heterocycles. The summed E-state index contributed by atoms with van der Waals surface area (Å²) >= 11 is 0. The Kier molecular flexibility index (Phi) is 10.6. The van der Waals surface area contributed by atoms with Crippen LogP contribution >= 0.6 is 0 Å². The quantitative estimate of drug-likeness (QED) is 0.326. The van der Waals surface area contributed by atoms with Crippen LogP contribution in [0.4, 0.5) is 14.4 Å². The average Bonchev–Trinajstić information content (AvgIpc) is 2.73. The molecule has 0 aliphatic rings. The molecule has 12 nitrogen and oxygen atoms in total. The van der Waals surface area contributed by atoms with E-state index < -0.39 is 48.3 Å². The fraction of sp³-hybridized carbons (Fsp3) is 0.545. The zero-order valence-electron chi connectivity index (χ0n) is 20.2. The topological polar surface area (TPSA) is 159 Å². The lowest BCUT2D eigenvalue weighted by Crippen LogP contribution is -2.40. The van der Waals surface area contributed by atoms with Gasteiger partial charge in [0.2, 0.25) is 0 Å². The van der Waals surface area contributed by atoms with E-state index in [0.717, 1.165) is 14.2 Å². The number of methoxy groups -OCH3 is 2. The largest absolute Gasteiger partial charge is 0.513 e. The smallest absolute Gasteiger partial charge is 0.458 e. The molecule has 0 saturated carbocycles. The van der Waals surface area contributed by atoms with Crippen LogP contribution in [-0.4, -0.2) is 62.5 Å². The molecule has 0 spiro atoms. The molecular weight excluding hydrogens is 454 g/mol. The van der Waals surface area contributed by atoms with Gasteiger partial charge in [0.15, 0.2) is 11.5 Å². The molecule has 1 aromatic rings. The van der Waals surface area contributed by atoms with Crippen LogP contribution in [0.2, 0.25) is 0 Å². The maximum atomic E-state index is 12.4. The molecule has 2 N–H and O–H groups in total. The van der Waals surface area contributed by atoms with Crippen LogP contribution in [0.15, 0.2) is 18.2 Å². The Morgan fingerprint density at radius 2 is 1.38 bits per heavy atom. The summed E-state index contributed by atoms with van der Waals surface area (Å²) in [5.74, 6) is -1.01. The van der Waals surface area contributed by atoms with Crippen molar-refractivity contribution in [3.8, 4) is 11.5 Å². The lowest BCUT2D eigenvalue weighted by Gasteiger charge is -2.24. The van der Waals surface area contributed by atoms with Gasteiger partial charge in [-0.2, -0.15) is 0 Å². The Labute approximate surface area is 197 Å². The second-order valence-electron chi connectivity index (χ2n) is 8.13. The van der Waals surface area contributed by atoms with Crippen molar-refractivity contribution < 1.29 is 52.3 Å². The number of carbonyl (C=O) groups excluding carboxylic acids is 4. The molecule has 1 aromatic carbocycles. The second kappa shape index (κ2) is 12.6. The number of esters is 1. The van der Waals surface area contributed by atoms with E-state index in [-0.39, 0.29) is 17.9 Å². The van der Waals surface area contributed by atoms with Crippen LogP contribution < -0.4 is 15.2 Å². The Morgan fingerprint density at radius 1 is 0.853 bits per heavy atom. The number of carbonyl (C=O) groups is 4. The molecule has 0 unspecified atom stereocenters. The summed E-state index contributed by atoms with van der Waals surface area (Å²) in [6.45, 7) is 8.16. The van der Waals surface area contributed by atoms with Gasteiger partial charge in [-0.15, -0.1) is 0 Å². The highest BCUT2D eigenvalue weighted by molar-refractivity contribution is 5.76. The molecule has 12 heteroatoms. The molecule has 0 aliphatic carbocycles. The van der Waals surface area contributed by atoms with Gasteiger partial charge >= 0.3 is 24.4 Å². The molecule has 0 saturated heterocycles. The number of nitrogens with two attached hydrogens (primary N) is 1. The first-order chi connectivity index (χ1) is 15.7. The molecule has 0 fully saturated rings. The fourth-order valence-corrected chi connectivity index (χ4v) is 2.33. The van der Waals surface area contributed by atoms with Crippen molar-refractivity contribution in [3.05, 3.63) is 23.8 Å². The predicted molar refractivity (Wildman–Crippen MR) is 117 cm³/mol. The molecule has 190 valence electrons. The standard InChI is InChI=1S/C22H31NO11/c1-12(13(2)31-21(27)34-22(3,4)5)30-18(24)15(23)10-14-8-9-16(32-19(25)28-6)17(11-14)33-20(26)29-7/h8-9,11-13,15H,10,23H2,1-7H3/t12-,13-,15-/m0/s1. The molecule has 34 heavy (non-hydrogen) atoms. The minimum atomic E-state index is -1.10. The summed E-state index contributed by atoms with van der Waals surface area (Å²) < 4.78 is 34.2. The summed E-state index contributed by atoms with van der Waals surface area (Å²) in [6, 6.07) is 3.09. The van der Waals surface area contributed by atoms with E-state index in [2.05, 4.69) is 9.47 Å². The number of ether oxygens (including phenoxy) is 7. The minimum absolute atomic E-state index is 0.0110. The summed E-state index contributed by atoms with van der Waals surface area (Å²) in [5, 5.41) is 0. The molecule has 0 bridgehead atoms. The Morgan fingerprint density at radius 3 is 1.91 bits per heavy atom. The first kappa shape index (κ1) is 28.5. The van der Waals surface area contributed by atoms with E-state index in [9.17, 15) is 19.2 Å². The van der Waals surface area contributed by atoms with Crippen molar-refractivity contribution in [2.45, 2.75) is 64.9 Å². The summed E-state index contributed by atoms with van der Waals surface area (Å²) in [5.41, 5.74) is 5.69. The van der Waals surface area contributed by atoms with Crippen LogP contribution in [0, 0.1) is 0 Å². The zero-order chi connectivity index (χ0) is 26.1. The Balaban J connectivity index is 2.81. The zero-order valence-corrected chi connectivity index (χ0v) is 20.2. The lowest BCUT2D eigenvalue weighted by atomic mass is 10.1. The van der Waals surface area contributed by atoms with Crippen molar-refractivity contribution in [3.63, 3.8) is 0 Å². The molecular formula is C22H31NO11. The van der Waals surface area contributed by atoms with E-state index >= 15 is 0 Å². The van der Waals surface area contributed by atoms with Crippen molar-refractivity contribution in [1.29, 1.82) is 0 Å². The highest BCUT2D eigenvalue weighted by Gasteiger charge is 2.27. The molecule has 0 radical (unpaired) electrons. The lowest BCUT2D eigenvalue weighted by molar-refractivity contribution is -0.156. The van der Waals surface area contributed by atoms with Gasteiger partial charge in [0, 0.05) is 0 Å². The maximum absolute atomic E-state index is 12.4. The fourth-order valence-electron chi connectivity index (χ4n) is 2.33. The van der Waals surface area contributed by atoms with Gasteiger partial charge in [-0.3, -0.25) is 4.79 Å². The number of hydrogen-bond donors (Lipinski definition) is 1. The first-order valence-electron chi connectivity index (χ1n) is 10.3. The van der Waals surface area contributed by atoms with Gasteiger partial charge in [-0.05, 0) is 58.7 Å². The van der Waals surface area contributed by atoms with E-state index in [0.29, 0.717) is 5.56 Å². The van der Waals surface area contributed by atoms with Gasteiger partial charge in [0.1, 0.15) is 23.9 Å². The molecule has 1 rings (SSSR count). The third-order valence-electron chi connectivity index (χ3n) is 4.12. The summed E-state index contributed by atoms with van der Waals surface area (Å²) in [7, 11) is 2.22. The highest BCUT2D eigenvalue weighted by atomic mass is 16.7. The van der Waals surface area contributed by atoms with Crippen molar-refractivity contribution in [1.82, 2.24) is 0 Å². The first-order valence-corrected chi connectivity index (χ1v) is 10.3. The maximum Gasteiger partial charge on any atom is 0.513 e. The number of benzene rings is 1. The molecule has 0 aliphatic heterocycles. The van der Waals surface area contributed by atoms with Gasteiger partial charge in [0.05, 0.1) is 14.2 Å². The van der Waals surface area contributed by atoms with Crippen LogP contribution in [0.3, 0.4) is 0 Å². The van der Waals surface area contributed by atoms with Gasteiger partial charge in [-0.1, -0.05) is 6.07 Å². The Hall–Kier alpha value is -3.54. The van der Waals surface area contributed by atoms with Gasteiger partial charge < -0.3 is 38.9 Å². The summed E-state index contributed by atoms with van der Waals surface area (Å²) in [4.78, 5) is 47.1. The van der Waals surface area contributed by atoms with Crippen molar-refractivity contribution in [2.24, 2.45) is 5.73 Å². The average molecular weight is 485 g/mol. The van der Waals surface area contributed by atoms with E-state index in [4.69, 9.17) is 29.4 Å². The predicted octanol–water partition coefficient (Wildman–Crippen LogP) is 3.12. The van der Waals surface area contributed by atoms with Crippen LogP contribution in [0.1, 0.15) is 40.2 Å². The normalized spacial score (nSPS) is 13.5. The van der Waals surface area contributed by atoms with Crippen molar-refractivity contribution >= 4 is 24.4 Å². The van der Waals surface area contributed by atoms with Crippen molar-refractivity contribution in [2.75, 3.05) is 14.2 Å². The number of rotatable bonds is 8. The number of hydrogen-bond acceptors (Lipinski definition) is 12. The highest BCUT2D eigenvalue weighted by Crippen LogP contribution is 2.30. The third kappa shape index (κ3) is 9.94. The molecule has 0 amide bonds.